The summed E-state index contributed by atoms with van der Waals surface area (Å²) in [6.07, 6.45) is 1.18. The van der Waals surface area contributed by atoms with Gasteiger partial charge < -0.3 is 10.1 Å². The molecule has 1 N–H and O–H groups in total. The number of hydrogen-bond donors (Lipinski definition) is 1. The molecule has 96 valence electrons. The summed E-state index contributed by atoms with van der Waals surface area (Å²) in [5.74, 6) is 0.700. The topological polar surface area (TPSA) is 24.5 Å². The number of nitrogens with zero attached hydrogens (tertiary/aromatic N) is 1. The lowest BCUT2D eigenvalue weighted by Crippen LogP contribution is -2.64. The number of ether oxygens (including phenoxy) is 1. The molecule has 3 heteroatoms. The van der Waals surface area contributed by atoms with Gasteiger partial charge in [-0.15, -0.1) is 0 Å². The van der Waals surface area contributed by atoms with Crippen LogP contribution >= 0.6 is 0 Å². The van der Waals surface area contributed by atoms with Crippen LogP contribution in [0.4, 0.5) is 0 Å². The monoisotopic (exact) mass is 228 g/mol. The molecule has 1 rings (SSSR count). The molecule has 0 aromatic rings. The van der Waals surface area contributed by atoms with Crippen LogP contribution < -0.4 is 5.32 Å². The van der Waals surface area contributed by atoms with E-state index in [2.05, 4.69) is 37.9 Å². The van der Waals surface area contributed by atoms with Crippen LogP contribution in [0.1, 0.15) is 34.1 Å². The molecule has 1 saturated heterocycles. The first-order valence-electron chi connectivity index (χ1n) is 6.50. The molecule has 2 unspecified atom stereocenters. The lowest BCUT2D eigenvalue weighted by molar-refractivity contribution is 0.0383. The molecule has 1 aliphatic heterocycles. The molecule has 0 aliphatic carbocycles. The Morgan fingerprint density at radius 3 is 2.69 bits per heavy atom. The van der Waals surface area contributed by atoms with E-state index in [9.17, 15) is 0 Å². The molecule has 3 nitrogen and oxygen atoms in total. The van der Waals surface area contributed by atoms with Gasteiger partial charge in [0.05, 0.1) is 6.61 Å². The van der Waals surface area contributed by atoms with Crippen LogP contribution in [-0.4, -0.2) is 49.8 Å². The van der Waals surface area contributed by atoms with Crippen LogP contribution in [0.2, 0.25) is 0 Å². The van der Waals surface area contributed by atoms with Crippen LogP contribution in [0, 0.1) is 5.92 Å². The predicted molar refractivity (Wildman–Crippen MR) is 68.8 cm³/mol. The molecular formula is C13H28N2O. The number of methoxy groups -OCH3 is 1. The first-order chi connectivity index (χ1) is 7.52. The molecule has 2 atom stereocenters. The third-order valence-corrected chi connectivity index (χ3v) is 3.89. The summed E-state index contributed by atoms with van der Waals surface area (Å²) in [6.45, 7) is 13.3. The molecule has 1 aliphatic rings. The van der Waals surface area contributed by atoms with E-state index in [4.69, 9.17) is 4.74 Å². The second-order valence-corrected chi connectivity index (χ2v) is 5.57. The van der Waals surface area contributed by atoms with Crippen molar-refractivity contribution in [2.45, 2.75) is 45.7 Å². The van der Waals surface area contributed by atoms with Gasteiger partial charge in [0.2, 0.25) is 0 Å². The van der Waals surface area contributed by atoms with Crippen LogP contribution in [0.5, 0.6) is 0 Å². The van der Waals surface area contributed by atoms with Gasteiger partial charge in [0.15, 0.2) is 0 Å². The van der Waals surface area contributed by atoms with E-state index >= 15 is 0 Å². The molecule has 1 heterocycles. The highest BCUT2D eigenvalue weighted by molar-refractivity contribution is 4.95. The normalized spacial score (nSPS) is 32.2. The Morgan fingerprint density at radius 1 is 1.50 bits per heavy atom. The van der Waals surface area contributed by atoms with Crippen molar-refractivity contribution in [2.75, 3.05) is 33.4 Å². The molecule has 0 aromatic heterocycles. The first-order valence-corrected chi connectivity index (χ1v) is 6.50. The Morgan fingerprint density at radius 2 is 2.19 bits per heavy atom. The zero-order valence-electron chi connectivity index (χ0n) is 11.5. The number of rotatable bonds is 5. The standard InChI is InChI=1S/C13H28N2O/c1-6-13(4)10-15(7-8-16-5)12(9-14-13)11(2)3/h11-12,14H,6-10H2,1-5H3. The maximum Gasteiger partial charge on any atom is 0.0589 e. The van der Waals surface area contributed by atoms with Crippen molar-refractivity contribution in [3.8, 4) is 0 Å². The lowest BCUT2D eigenvalue weighted by Gasteiger charge is -2.47. The average Bonchev–Trinajstić information content (AvgIpc) is 2.26. The lowest BCUT2D eigenvalue weighted by atomic mass is 9.90. The summed E-state index contributed by atoms with van der Waals surface area (Å²) in [5.41, 5.74) is 0.277. The molecular weight excluding hydrogens is 200 g/mol. The summed E-state index contributed by atoms with van der Waals surface area (Å²) in [4.78, 5) is 2.59. The van der Waals surface area contributed by atoms with Crippen LogP contribution in [0.3, 0.4) is 0 Å². The Labute approximate surface area is 101 Å². The molecule has 16 heavy (non-hydrogen) atoms. The maximum atomic E-state index is 5.21. The van der Waals surface area contributed by atoms with Gasteiger partial charge in [0.25, 0.3) is 0 Å². The van der Waals surface area contributed by atoms with Gasteiger partial charge in [-0.05, 0) is 19.3 Å². The Balaban J connectivity index is 2.61. The van der Waals surface area contributed by atoms with Gasteiger partial charge in [-0.25, -0.2) is 0 Å². The average molecular weight is 228 g/mol. The van der Waals surface area contributed by atoms with Crippen molar-refractivity contribution in [1.29, 1.82) is 0 Å². The molecule has 1 fully saturated rings. The fraction of sp³-hybridized carbons (Fsp3) is 1.00. The van der Waals surface area contributed by atoms with E-state index in [1.807, 2.05) is 0 Å². The Hall–Kier alpha value is -0.120. The molecule has 0 amide bonds. The fourth-order valence-electron chi connectivity index (χ4n) is 2.45. The molecule has 0 radical (unpaired) electrons. The molecule has 0 aromatic carbocycles. The van der Waals surface area contributed by atoms with Gasteiger partial charge in [-0.1, -0.05) is 20.8 Å². The highest BCUT2D eigenvalue weighted by Crippen LogP contribution is 2.22. The molecule has 0 bridgehead atoms. The van der Waals surface area contributed by atoms with Gasteiger partial charge in [0, 0.05) is 38.3 Å². The van der Waals surface area contributed by atoms with E-state index in [0.717, 1.165) is 26.2 Å². The van der Waals surface area contributed by atoms with Crippen LogP contribution in [-0.2, 0) is 4.74 Å². The highest BCUT2D eigenvalue weighted by Gasteiger charge is 2.35. The minimum absolute atomic E-state index is 0.277. The van der Waals surface area contributed by atoms with Crippen molar-refractivity contribution in [1.82, 2.24) is 10.2 Å². The summed E-state index contributed by atoms with van der Waals surface area (Å²) in [6, 6.07) is 0.648. The molecule has 0 spiro atoms. The van der Waals surface area contributed by atoms with Gasteiger partial charge in [-0.2, -0.15) is 0 Å². The highest BCUT2D eigenvalue weighted by atomic mass is 16.5. The number of nitrogens with one attached hydrogen (secondary N) is 1. The van der Waals surface area contributed by atoms with Crippen LogP contribution in [0.15, 0.2) is 0 Å². The number of piperazine rings is 1. The summed E-state index contributed by atoms with van der Waals surface area (Å²) >= 11 is 0. The van der Waals surface area contributed by atoms with Crippen molar-refractivity contribution >= 4 is 0 Å². The smallest absolute Gasteiger partial charge is 0.0589 e. The predicted octanol–water partition coefficient (Wildman–Crippen LogP) is 1.73. The van der Waals surface area contributed by atoms with Gasteiger partial charge in [-0.3, -0.25) is 4.90 Å². The molecule has 0 saturated carbocycles. The van der Waals surface area contributed by atoms with E-state index < -0.39 is 0 Å². The van der Waals surface area contributed by atoms with Gasteiger partial charge >= 0.3 is 0 Å². The van der Waals surface area contributed by atoms with E-state index in [1.54, 1.807) is 7.11 Å². The second-order valence-electron chi connectivity index (χ2n) is 5.57. The summed E-state index contributed by atoms with van der Waals surface area (Å²) in [7, 11) is 1.78. The largest absolute Gasteiger partial charge is 0.383 e. The van der Waals surface area contributed by atoms with Crippen LogP contribution in [0.25, 0.3) is 0 Å². The minimum Gasteiger partial charge on any atom is -0.383 e. The SMILES string of the molecule is CCC1(C)CN(CCOC)C(C(C)C)CN1. The van der Waals surface area contributed by atoms with E-state index in [1.165, 1.54) is 6.42 Å². The van der Waals surface area contributed by atoms with Crippen molar-refractivity contribution in [3.63, 3.8) is 0 Å². The van der Waals surface area contributed by atoms with E-state index in [-0.39, 0.29) is 5.54 Å². The quantitative estimate of drug-likeness (QED) is 0.775. The number of hydrogen-bond acceptors (Lipinski definition) is 3. The zero-order valence-corrected chi connectivity index (χ0v) is 11.5. The zero-order chi connectivity index (χ0) is 12.2. The van der Waals surface area contributed by atoms with Crippen molar-refractivity contribution in [3.05, 3.63) is 0 Å². The fourth-order valence-corrected chi connectivity index (χ4v) is 2.45. The summed E-state index contributed by atoms with van der Waals surface area (Å²) < 4.78 is 5.21. The third kappa shape index (κ3) is 3.44. The summed E-state index contributed by atoms with van der Waals surface area (Å²) in [5, 5.41) is 3.70. The first kappa shape index (κ1) is 13.9. The van der Waals surface area contributed by atoms with Crippen molar-refractivity contribution < 1.29 is 4.74 Å². The third-order valence-electron chi connectivity index (χ3n) is 3.89. The Bertz CT molecular complexity index is 208. The van der Waals surface area contributed by atoms with E-state index in [0.29, 0.717) is 12.0 Å². The minimum atomic E-state index is 0.277. The second kappa shape index (κ2) is 5.99. The Kier molecular flexibility index (Phi) is 5.22. The van der Waals surface area contributed by atoms with Gasteiger partial charge in [0.1, 0.15) is 0 Å². The maximum absolute atomic E-state index is 5.21. The van der Waals surface area contributed by atoms with Crippen molar-refractivity contribution in [2.24, 2.45) is 5.92 Å².